The third kappa shape index (κ3) is 5.04. The van der Waals surface area contributed by atoms with Gasteiger partial charge in [-0.25, -0.2) is 9.61 Å². The molecule has 0 aliphatic carbocycles. The van der Waals surface area contributed by atoms with Gasteiger partial charge in [0.05, 0.1) is 6.54 Å². The molecule has 1 saturated heterocycles. The number of benzene rings is 1. The van der Waals surface area contributed by atoms with Crippen molar-refractivity contribution in [3.8, 4) is 0 Å². The maximum Gasteiger partial charge on any atom is 0.254 e. The molecule has 9 nitrogen and oxygen atoms in total. The Morgan fingerprint density at radius 3 is 2.81 bits per heavy atom. The number of nitrogens with one attached hydrogen (secondary N) is 1. The van der Waals surface area contributed by atoms with Crippen molar-refractivity contribution in [2.45, 2.75) is 46.2 Å². The highest BCUT2D eigenvalue weighted by Crippen LogP contribution is 2.23. The second kappa shape index (κ2) is 9.76. The van der Waals surface area contributed by atoms with Crippen molar-refractivity contribution >= 4 is 11.8 Å². The zero-order valence-corrected chi connectivity index (χ0v) is 18.5. The van der Waals surface area contributed by atoms with E-state index in [2.05, 4.69) is 25.2 Å². The number of carbonyl (C=O) groups is 2. The van der Waals surface area contributed by atoms with Gasteiger partial charge >= 0.3 is 0 Å². The zero-order valence-electron chi connectivity index (χ0n) is 18.5. The van der Waals surface area contributed by atoms with E-state index in [9.17, 15) is 9.59 Å². The van der Waals surface area contributed by atoms with Gasteiger partial charge in [-0.2, -0.15) is 0 Å². The van der Waals surface area contributed by atoms with E-state index in [4.69, 9.17) is 0 Å². The number of nitrogens with zero attached hydrogens (tertiary/aromatic N) is 5. The number of carbonyl (C=O) groups excluding carboxylic acids is 2. The van der Waals surface area contributed by atoms with Crippen LogP contribution in [0.1, 0.15) is 52.4 Å². The molecule has 1 aromatic carbocycles. The standard InChI is InChI=1S/C23H28N6O3/c1-16-21(27-32-26-16)13-25-22(30)12-18-6-5-10-29(14-18)23(31)20-8-4-3-7-19(20)15-28-11-9-24-17(28)2/h3-4,7-9,11,18H,5-6,10,12-15H2,1-2H3,(H,25,30). The highest BCUT2D eigenvalue weighted by molar-refractivity contribution is 5.95. The summed E-state index contributed by atoms with van der Waals surface area (Å²) in [5.74, 6) is 1.01. The molecule has 0 saturated carbocycles. The first-order valence-electron chi connectivity index (χ1n) is 10.9. The van der Waals surface area contributed by atoms with Gasteiger partial charge in [-0.05, 0) is 44.2 Å². The molecular weight excluding hydrogens is 408 g/mol. The summed E-state index contributed by atoms with van der Waals surface area (Å²) in [6.07, 6.45) is 5.88. The van der Waals surface area contributed by atoms with E-state index < -0.39 is 0 Å². The summed E-state index contributed by atoms with van der Waals surface area (Å²) in [4.78, 5) is 31.9. The fourth-order valence-corrected chi connectivity index (χ4v) is 4.13. The minimum Gasteiger partial charge on any atom is -0.350 e. The van der Waals surface area contributed by atoms with Gasteiger partial charge in [0.15, 0.2) is 0 Å². The van der Waals surface area contributed by atoms with Crippen molar-refractivity contribution in [1.29, 1.82) is 0 Å². The molecule has 1 fully saturated rings. The molecule has 0 radical (unpaired) electrons. The van der Waals surface area contributed by atoms with Crippen molar-refractivity contribution in [3.63, 3.8) is 0 Å². The number of hydrogen-bond donors (Lipinski definition) is 1. The third-order valence-corrected chi connectivity index (χ3v) is 5.99. The van der Waals surface area contributed by atoms with Crippen LogP contribution in [0.3, 0.4) is 0 Å². The van der Waals surface area contributed by atoms with Gasteiger partial charge in [-0.1, -0.05) is 28.5 Å². The Morgan fingerprint density at radius 1 is 1.22 bits per heavy atom. The molecule has 1 aliphatic rings. The number of amides is 2. The van der Waals surface area contributed by atoms with Gasteiger partial charge in [-0.3, -0.25) is 9.59 Å². The fraction of sp³-hybridized carbons (Fsp3) is 0.435. The number of hydrogen-bond acceptors (Lipinski definition) is 6. The van der Waals surface area contributed by atoms with Gasteiger partial charge < -0.3 is 14.8 Å². The quantitative estimate of drug-likeness (QED) is 0.610. The summed E-state index contributed by atoms with van der Waals surface area (Å²) in [6.45, 7) is 5.92. The van der Waals surface area contributed by atoms with Gasteiger partial charge in [0, 0.05) is 44.0 Å². The van der Waals surface area contributed by atoms with Gasteiger partial charge in [0.25, 0.3) is 5.91 Å². The molecule has 3 aromatic rings. The normalized spacial score (nSPS) is 16.2. The number of rotatable bonds is 7. The average Bonchev–Trinajstić information content (AvgIpc) is 3.40. The van der Waals surface area contributed by atoms with E-state index in [-0.39, 0.29) is 17.7 Å². The Labute approximate surface area is 186 Å². The van der Waals surface area contributed by atoms with Crippen molar-refractivity contribution in [2.75, 3.05) is 13.1 Å². The molecule has 0 bridgehead atoms. The Kier molecular flexibility index (Phi) is 6.63. The lowest BCUT2D eigenvalue weighted by molar-refractivity contribution is -0.122. The predicted molar refractivity (Wildman–Crippen MR) is 117 cm³/mol. The summed E-state index contributed by atoms with van der Waals surface area (Å²) in [6, 6.07) is 7.72. The summed E-state index contributed by atoms with van der Waals surface area (Å²) < 4.78 is 6.69. The van der Waals surface area contributed by atoms with Gasteiger partial charge in [0.1, 0.15) is 17.2 Å². The monoisotopic (exact) mass is 436 g/mol. The first kappa shape index (κ1) is 21.7. The summed E-state index contributed by atoms with van der Waals surface area (Å²) >= 11 is 0. The second-order valence-corrected chi connectivity index (χ2v) is 8.30. The Hall–Kier alpha value is -3.49. The molecule has 1 atom stereocenters. The second-order valence-electron chi connectivity index (χ2n) is 8.30. The Morgan fingerprint density at radius 2 is 2.06 bits per heavy atom. The van der Waals surface area contributed by atoms with Crippen LogP contribution >= 0.6 is 0 Å². The number of likely N-dealkylation sites (tertiary alicyclic amines) is 1. The van der Waals surface area contributed by atoms with E-state index in [1.807, 2.05) is 46.9 Å². The lowest BCUT2D eigenvalue weighted by Gasteiger charge is -2.33. The van der Waals surface area contributed by atoms with Crippen LogP contribution in [0, 0.1) is 19.8 Å². The molecule has 168 valence electrons. The van der Waals surface area contributed by atoms with E-state index >= 15 is 0 Å². The van der Waals surface area contributed by atoms with Crippen LogP contribution in [0.2, 0.25) is 0 Å². The van der Waals surface area contributed by atoms with Crippen LogP contribution in [0.4, 0.5) is 0 Å². The number of aromatic nitrogens is 4. The largest absolute Gasteiger partial charge is 0.350 e. The number of imidazole rings is 1. The molecule has 3 heterocycles. The highest BCUT2D eigenvalue weighted by Gasteiger charge is 2.27. The van der Waals surface area contributed by atoms with E-state index in [0.29, 0.717) is 49.6 Å². The van der Waals surface area contributed by atoms with Crippen molar-refractivity contribution < 1.29 is 14.2 Å². The summed E-state index contributed by atoms with van der Waals surface area (Å²) in [7, 11) is 0. The average molecular weight is 437 g/mol. The maximum absolute atomic E-state index is 13.4. The van der Waals surface area contributed by atoms with Gasteiger partial charge in [-0.15, -0.1) is 0 Å². The van der Waals surface area contributed by atoms with Crippen molar-refractivity contribution in [1.82, 2.24) is 30.1 Å². The first-order valence-corrected chi connectivity index (χ1v) is 10.9. The molecular formula is C23H28N6O3. The fourth-order valence-electron chi connectivity index (χ4n) is 4.13. The van der Waals surface area contributed by atoms with Crippen molar-refractivity contribution in [2.24, 2.45) is 5.92 Å². The molecule has 4 rings (SSSR count). The molecule has 1 unspecified atom stereocenters. The molecule has 0 spiro atoms. The number of piperidine rings is 1. The summed E-state index contributed by atoms with van der Waals surface area (Å²) in [5.41, 5.74) is 2.97. The zero-order chi connectivity index (χ0) is 22.5. The van der Waals surface area contributed by atoms with Crippen LogP contribution in [0.15, 0.2) is 41.3 Å². The van der Waals surface area contributed by atoms with E-state index in [0.717, 1.165) is 24.2 Å². The summed E-state index contributed by atoms with van der Waals surface area (Å²) in [5, 5.41) is 10.4. The lowest BCUT2D eigenvalue weighted by Crippen LogP contribution is -2.41. The molecule has 2 amide bonds. The molecule has 2 aromatic heterocycles. The molecule has 1 N–H and O–H groups in total. The highest BCUT2D eigenvalue weighted by atomic mass is 16.6. The third-order valence-electron chi connectivity index (χ3n) is 5.99. The minimum atomic E-state index is -0.0531. The van der Waals surface area contributed by atoms with Crippen LogP contribution in [0.5, 0.6) is 0 Å². The minimum absolute atomic E-state index is 0.0211. The van der Waals surface area contributed by atoms with E-state index in [1.54, 1.807) is 13.1 Å². The smallest absolute Gasteiger partial charge is 0.254 e. The SMILES string of the molecule is Cc1nonc1CNC(=O)CC1CCCN(C(=O)c2ccccc2Cn2ccnc2C)C1. The Bertz CT molecular complexity index is 1090. The van der Waals surface area contributed by atoms with Crippen LogP contribution in [-0.2, 0) is 17.9 Å². The molecule has 1 aliphatic heterocycles. The molecule has 32 heavy (non-hydrogen) atoms. The van der Waals surface area contributed by atoms with Crippen LogP contribution in [0.25, 0.3) is 0 Å². The van der Waals surface area contributed by atoms with E-state index in [1.165, 1.54) is 0 Å². The van der Waals surface area contributed by atoms with Crippen molar-refractivity contribution in [3.05, 3.63) is 65.0 Å². The van der Waals surface area contributed by atoms with Gasteiger partial charge in [0.2, 0.25) is 5.91 Å². The topological polar surface area (TPSA) is 106 Å². The lowest BCUT2D eigenvalue weighted by atomic mass is 9.93. The number of aryl methyl sites for hydroxylation is 2. The maximum atomic E-state index is 13.4. The predicted octanol–water partition coefficient (Wildman–Crippen LogP) is 2.49. The van der Waals surface area contributed by atoms with Crippen LogP contribution < -0.4 is 5.32 Å². The van der Waals surface area contributed by atoms with Crippen LogP contribution in [-0.4, -0.2) is 49.7 Å². The Balaban J connectivity index is 1.37. The first-order chi connectivity index (χ1) is 15.5. The molecule has 9 heteroatoms.